The molecule has 296 valence electrons. The molecule has 0 bridgehead atoms. The van der Waals surface area contributed by atoms with Gasteiger partial charge in [0.15, 0.2) is 0 Å². The quantitative estimate of drug-likeness (QED) is 0.117. The summed E-state index contributed by atoms with van der Waals surface area (Å²) < 4.78 is 5.28. The van der Waals surface area contributed by atoms with Gasteiger partial charge in [-0.25, -0.2) is 14.8 Å². The zero-order valence-corrected chi connectivity index (χ0v) is 32.8. The maximum atomic E-state index is 14.2. The first kappa shape index (κ1) is 38.1. The molecule has 3 amide bonds. The maximum Gasteiger partial charge on any atom is 0.404 e. The molecule has 12 heteroatoms. The maximum absolute atomic E-state index is 14.2. The first-order chi connectivity index (χ1) is 27.8. The summed E-state index contributed by atoms with van der Waals surface area (Å²) >= 11 is 0. The highest BCUT2D eigenvalue weighted by molar-refractivity contribution is 5.84. The summed E-state index contributed by atoms with van der Waals surface area (Å²) in [4.78, 5) is 61.9. The SMILES string of the molecule is CCN(CC)[C@@H](C(=O)N1CCC[C@H]1c1ncc(-c2ccc(-c3ccc(-c4cnc([C@@H]5CCCN5C(=O)[C@H]5CCC[C@@H]5OC(N)=O)[nH]4)cc3)cc2)[nH]1)c1ccccc1. The lowest BCUT2D eigenvalue weighted by Crippen LogP contribution is -2.43. The van der Waals surface area contributed by atoms with Crippen LogP contribution in [0, 0.1) is 5.92 Å². The second-order valence-corrected chi connectivity index (χ2v) is 15.4. The number of carbonyl (C=O) groups excluding carboxylic acids is 3. The fraction of sp³-hybridized carbons (Fsp3) is 0.400. The Bertz CT molecular complexity index is 2160. The van der Waals surface area contributed by atoms with E-state index in [4.69, 9.17) is 20.4 Å². The highest BCUT2D eigenvalue weighted by Crippen LogP contribution is 2.38. The number of nitrogens with zero attached hydrogens (tertiary/aromatic N) is 5. The number of primary amides is 1. The summed E-state index contributed by atoms with van der Waals surface area (Å²) in [5.74, 6) is 1.38. The van der Waals surface area contributed by atoms with Crippen molar-refractivity contribution in [2.45, 2.75) is 83.0 Å². The van der Waals surface area contributed by atoms with Crippen LogP contribution < -0.4 is 5.73 Å². The number of likely N-dealkylation sites (N-methyl/N-ethyl adjacent to an activating group) is 1. The lowest BCUT2D eigenvalue weighted by molar-refractivity contribution is -0.139. The van der Waals surface area contributed by atoms with Crippen molar-refractivity contribution in [1.29, 1.82) is 0 Å². The number of rotatable bonds is 12. The summed E-state index contributed by atoms with van der Waals surface area (Å²) in [7, 11) is 0. The van der Waals surface area contributed by atoms with Crippen molar-refractivity contribution < 1.29 is 19.1 Å². The van der Waals surface area contributed by atoms with E-state index in [-0.39, 0.29) is 35.9 Å². The Balaban J connectivity index is 0.922. The molecule has 3 fully saturated rings. The van der Waals surface area contributed by atoms with Crippen LogP contribution >= 0.6 is 0 Å². The van der Waals surface area contributed by atoms with E-state index in [1.54, 1.807) is 0 Å². The molecule has 3 aromatic carbocycles. The van der Waals surface area contributed by atoms with Crippen molar-refractivity contribution in [2.24, 2.45) is 11.7 Å². The zero-order valence-electron chi connectivity index (χ0n) is 32.8. The van der Waals surface area contributed by atoms with Crippen molar-refractivity contribution in [2.75, 3.05) is 26.2 Å². The monoisotopic (exact) mass is 768 g/mol. The standard InChI is InChI=1S/C45H52N8O4/c1-3-51(4-2)40(33-11-6-5-7-12-33)44(55)53-26-10-15-38(53)42-48-28-36(50-42)32-23-19-30(20-24-32)29-17-21-31(22-18-29)35-27-47-41(49-35)37-14-9-25-52(37)43(54)34-13-8-16-39(34)57-45(46)56/h5-7,11-12,17-24,27-28,34,37-40H,3-4,8-10,13-16,25-26H2,1-2H3,(H2,46,56)(H,47,49)(H,48,50)/t34-,37-,38-,39-,40+/m0/s1. The Labute approximate surface area is 333 Å². The fourth-order valence-electron chi connectivity index (χ4n) is 9.22. The van der Waals surface area contributed by atoms with E-state index in [2.05, 4.69) is 89.4 Å². The molecule has 2 aliphatic heterocycles. The van der Waals surface area contributed by atoms with Crippen molar-refractivity contribution in [3.05, 3.63) is 108 Å². The Hall–Kier alpha value is -5.75. The van der Waals surface area contributed by atoms with Crippen LogP contribution in [0.15, 0.2) is 91.3 Å². The molecule has 5 atom stereocenters. The van der Waals surface area contributed by atoms with E-state index < -0.39 is 12.2 Å². The molecular formula is C45H52N8O4. The predicted octanol–water partition coefficient (Wildman–Crippen LogP) is 7.81. The number of nitrogens with two attached hydrogens (primary N) is 1. The summed E-state index contributed by atoms with van der Waals surface area (Å²) in [6, 6.07) is 26.4. The number of amides is 3. The van der Waals surface area contributed by atoms with Crippen molar-refractivity contribution in [3.8, 4) is 33.6 Å². The first-order valence-corrected chi connectivity index (χ1v) is 20.5. The highest BCUT2D eigenvalue weighted by Gasteiger charge is 2.42. The predicted molar refractivity (Wildman–Crippen MR) is 218 cm³/mol. The number of hydrogen-bond acceptors (Lipinski definition) is 7. The molecular weight excluding hydrogens is 717 g/mol. The number of H-pyrrole nitrogens is 2. The second kappa shape index (κ2) is 16.8. The summed E-state index contributed by atoms with van der Waals surface area (Å²) in [5, 5.41) is 0. The third-order valence-corrected chi connectivity index (χ3v) is 12.2. The van der Waals surface area contributed by atoms with E-state index in [1.165, 1.54) is 0 Å². The van der Waals surface area contributed by atoms with Gasteiger partial charge in [-0.3, -0.25) is 14.5 Å². The number of nitrogens with one attached hydrogen (secondary N) is 2. The summed E-state index contributed by atoms with van der Waals surface area (Å²) in [6.07, 6.45) is 8.15. The lowest BCUT2D eigenvalue weighted by atomic mass is 10.0. The van der Waals surface area contributed by atoms with Crippen LogP contribution in [0.1, 0.15) is 94.1 Å². The normalized spacial score (nSPS) is 21.3. The van der Waals surface area contributed by atoms with Gasteiger partial charge in [-0.05, 0) is 85.9 Å². The van der Waals surface area contributed by atoms with Gasteiger partial charge in [-0.1, -0.05) is 92.7 Å². The van der Waals surface area contributed by atoms with Gasteiger partial charge in [0, 0.05) is 13.1 Å². The number of aromatic amines is 2. The molecule has 0 spiro atoms. The second-order valence-electron chi connectivity index (χ2n) is 15.4. The van der Waals surface area contributed by atoms with Gasteiger partial charge >= 0.3 is 6.09 Å². The summed E-state index contributed by atoms with van der Waals surface area (Å²) in [6.45, 7) is 7.18. The van der Waals surface area contributed by atoms with Gasteiger partial charge in [0.2, 0.25) is 11.8 Å². The third-order valence-electron chi connectivity index (χ3n) is 12.2. The van der Waals surface area contributed by atoms with Gasteiger partial charge < -0.3 is 30.2 Å². The number of likely N-dealkylation sites (tertiary alicyclic amines) is 2. The molecule has 5 aromatic rings. The number of aromatic nitrogens is 4. The lowest BCUT2D eigenvalue weighted by Gasteiger charge is -2.34. The number of carbonyl (C=O) groups is 3. The van der Waals surface area contributed by atoms with E-state index in [0.717, 1.165) is 103 Å². The molecule has 57 heavy (non-hydrogen) atoms. The van der Waals surface area contributed by atoms with Gasteiger partial charge in [-0.15, -0.1) is 0 Å². The summed E-state index contributed by atoms with van der Waals surface area (Å²) in [5.41, 5.74) is 12.3. The van der Waals surface area contributed by atoms with Crippen molar-refractivity contribution in [1.82, 2.24) is 34.6 Å². The number of hydrogen-bond donors (Lipinski definition) is 3. The third kappa shape index (κ3) is 7.83. The Morgan fingerprint density at radius 2 is 1.25 bits per heavy atom. The number of benzene rings is 3. The van der Waals surface area contributed by atoms with E-state index in [0.29, 0.717) is 19.4 Å². The van der Waals surface area contributed by atoms with Gasteiger partial charge in [0.05, 0.1) is 41.8 Å². The molecule has 3 aliphatic rings. The van der Waals surface area contributed by atoms with E-state index in [9.17, 15) is 14.4 Å². The van der Waals surface area contributed by atoms with Gasteiger partial charge in [0.25, 0.3) is 0 Å². The Morgan fingerprint density at radius 1 is 0.719 bits per heavy atom. The highest BCUT2D eigenvalue weighted by atomic mass is 16.6. The molecule has 4 N–H and O–H groups in total. The van der Waals surface area contributed by atoms with Crippen molar-refractivity contribution >= 4 is 17.9 Å². The minimum Gasteiger partial charge on any atom is -0.446 e. The fourth-order valence-corrected chi connectivity index (χ4v) is 9.22. The average Bonchev–Trinajstić information content (AvgIpc) is 4.09. The molecule has 1 aliphatic carbocycles. The molecule has 4 heterocycles. The largest absolute Gasteiger partial charge is 0.446 e. The molecule has 0 unspecified atom stereocenters. The van der Waals surface area contributed by atoms with Crippen LogP contribution in [0.4, 0.5) is 4.79 Å². The molecule has 2 saturated heterocycles. The van der Waals surface area contributed by atoms with Gasteiger partial charge in [-0.2, -0.15) is 0 Å². The van der Waals surface area contributed by atoms with Gasteiger partial charge in [0.1, 0.15) is 23.8 Å². The first-order valence-electron chi connectivity index (χ1n) is 20.5. The molecule has 2 aromatic heterocycles. The smallest absolute Gasteiger partial charge is 0.404 e. The number of imidazole rings is 2. The van der Waals surface area contributed by atoms with Crippen LogP contribution in [-0.4, -0.2) is 84.8 Å². The molecule has 8 rings (SSSR count). The topological polar surface area (TPSA) is 154 Å². The van der Waals surface area contributed by atoms with Crippen LogP contribution in [-0.2, 0) is 14.3 Å². The molecule has 0 radical (unpaired) electrons. The molecule has 1 saturated carbocycles. The van der Waals surface area contributed by atoms with Crippen LogP contribution in [0.2, 0.25) is 0 Å². The zero-order chi connectivity index (χ0) is 39.5. The minimum absolute atomic E-state index is 0.0121. The Kier molecular flexibility index (Phi) is 11.2. The minimum atomic E-state index is -0.828. The van der Waals surface area contributed by atoms with Crippen LogP contribution in [0.5, 0.6) is 0 Å². The molecule has 12 nitrogen and oxygen atoms in total. The average molecular weight is 769 g/mol. The number of ether oxygens (including phenoxy) is 1. The van der Waals surface area contributed by atoms with Crippen LogP contribution in [0.3, 0.4) is 0 Å². The Morgan fingerprint density at radius 3 is 1.79 bits per heavy atom. The van der Waals surface area contributed by atoms with E-state index >= 15 is 0 Å². The van der Waals surface area contributed by atoms with Crippen LogP contribution in [0.25, 0.3) is 33.6 Å². The van der Waals surface area contributed by atoms with E-state index in [1.807, 2.05) is 40.4 Å². The van der Waals surface area contributed by atoms with Crippen molar-refractivity contribution in [3.63, 3.8) is 0 Å².